The first kappa shape index (κ1) is 13.6. The zero-order valence-corrected chi connectivity index (χ0v) is 8.53. The molecule has 1 amide bonds. The van der Waals surface area contributed by atoms with E-state index in [0.717, 1.165) is 6.08 Å². The third-order valence-corrected chi connectivity index (χ3v) is 3.35. The molecule has 0 saturated carbocycles. The van der Waals surface area contributed by atoms with Gasteiger partial charge in [0.1, 0.15) is 0 Å². The minimum absolute atomic E-state index is 0.562. The van der Waals surface area contributed by atoms with Gasteiger partial charge in [0.05, 0.1) is 6.42 Å². The minimum atomic E-state index is -4.91. The van der Waals surface area contributed by atoms with Crippen LogP contribution in [-0.2, 0) is 19.7 Å². The number of aliphatic carboxylic acids is 1. The van der Waals surface area contributed by atoms with E-state index >= 15 is 0 Å². The van der Waals surface area contributed by atoms with Gasteiger partial charge in [-0.2, -0.15) is 8.42 Å². The van der Waals surface area contributed by atoms with E-state index in [0.29, 0.717) is 0 Å². The Morgan fingerprint density at radius 2 is 1.93 bits per heavy atom. The number of carbonyl (C=O) groups is 2. The topological polar surface area (TPSA) is 135 Å². The summed E-state index contributed by atoms with van der Waals surface area (Å²) in [5.74, 6) is -2.99. The second-order valence-corrected chi connectivity index (χ2v) is 4.63. The van der Waals surface area contributed by atoms with Gasteiger partial charge in [-0.25, -0.2) is 0 Å². The zero-order valence-electron chi connectivity index (χ0n) is 7.71. The minimum Gasteiger partial charge on any atom is -0.481 e. The summed E-state index contributed by atoms with van der Waals surface area (Å²) in [4.78, 5) is 21.4. The van der Waals surface area contributed by atoms with E-state index in [4.69, 9.17) is 15.4 Å². The van der Waals surface area contributed by atoms with Gasteiger partial charge in [-0.1, -0.05) is 6.08 Å². The third-order valence-electron chi connectivity index (χ3n) is 1.85. The number of hydrogen-bond donors (Lipinski definition) is 3. The van der Waals surface area contributed by atoms with Crippen LogP contribution in [0.25, 0.3) is 0 Å². The highest BCUT2D eigenvalue weighted by atomic mass is 32.2. The molecule has 8 heteroatoms. The van der Waals surface area contributed by atoms with Crippen LogP contribution in [0.3, 0.4) is 0 Å². The number of rotatable bonds is 6. The molecule has 0 aromatic heterocycles. The summed E-state index contributed by atoms with van der Waals surface area (Å²) in [7, 11) is -4.91. The van der Waals surface area contributed by atoms with Crippen LogP contribution in [0.5, 0.6) is 0 Å². The van der Waals surface area contributed by atoms with Gasteiger partial charge in [0, 0.05) is 0 Å². The molecule has 0 saturated heterocycles. The van der Waals surface area contributed by atoms with Gasteiger partial charge in [-0.15, -0.1) is 6.58 Å². The predicted octanol–water partition coefficient (Wildman–Crippen LogP) is -0.851. The van der Waals surface area contributed by atoms with Crippen molar-refractivity contribution >= 4 is 22.0 Å². The molecule has 4 N–H and O–H groups in total. The number of allylic oxidation sites excluding steroid dienone is 1. The molecule has 0 radical (unpaired) electrons. The zero-order chi connectivity index (χ0) is 12.3. The number of primary amides is 1. The lowest BCUT2D eigenvalue weighted by molar-refractivity contribution is -0.139. The van der Waals surface area contributed by atoms with Crippen LogP contribution in [0.15, 0.2) is 12.7 Å². The lowest BCUT2D eigenvalue weighted by Crippen LogP contribution is -2.51. The summed E-state index contributed by atoms with van der Waals surface area (Å²) in [6.07, 6.45) is -0.665. The number of carboxylic acid groups (broad SMARTS) is 1. The molecule has 0 aliphatic heterocycles. The molecule has 1 atom stereocenters. The monoisotopic (exact) mass is 237 g/mol. The van der Waals surface area contributed by atoms with Gasteiger partial charge in [0.2, 0.25) is 5.91 Å². The molecule has 0 bridgehead atoms. The van der Waals surface area contributed by atoms with Gasteiger partial charge in [-0.3, -0.25) is 14.1 Å². The van der Waals surface area contributed by atoms with Crippen molar-refractivity contribution in [1.82, 2.24) is 0 Å². The molecule has 86 valence electrons. The molecule has 1 unspecified atom stereocenters. The van der Waals surface area contributed by atoms with Crippen molar-refractivity contribution in [3.05, 3.63) is 12.7 Å². The fraction of sp³-hybridized carbons (Fsp3) is 0.429. The largest absolute Gasteiger partial charge is 0.481 e. The van der Waals surface area contributed by atoms with Gasteiger partial charge in [0.25, 0.3) is 10.1 Å². The Hall–Kier alpha value is -1.41. The molecule has 0 spiro atoms. The van der Waals surface area contributed by atoms with Crippen LogP contribution in [0, 0.1) is 0 Å². The van der Waals surface area contributed by atoms with Gasteiger partial charge in [-0.05, 0) is 6.42 Å². The van der Waals surface area contributed by atoms with Crippen molar-refractivity contribution in [1.29, 1.82) is 0 Å². The molecular formula is C7H11NO6S. The van der Waals surface area contributed by atoms with E-state index in [2.05, 4.69) is 6.58 Å². The average Bonchev–Trinajstić information content (AvgIpc) is 1.99. The summed E-state index contributed by atoms with van der Waals surface area (Å²) >= 11 is 0. The summed E-state index contributed by atoms with van der Waals surface area (Å²) in [6, 6.07) is 0. The first-order valence-electron chi connectivity index (χ1n) is 3.77. The van der Waals surface area contributed by atoms with Crippen LogP contribution in [0.2, 0.25) is 0 Å². The van der Waals surface area contributed by atoms with Gasteiger partial charge >= 0.3 is 5.97 Å². The van der Waals surface area contributed by atoms with E-state index < -0.39 is 39.6 Å². The number of hydrogen-bond acceptors (Lipinski definition) is 4. The molecule has 0 rings (SSSR count). The van der Waals surface area contributed by atoms with Crippen molar-refractivity contribution < 1.29 is 27.7 Å². The van der Waals surface area contributed by atoms with Crippen molar-refractivity contribution in [2.75, 3.05) is 0 Å². The summed E-state index contributed by atoms with van der Waals surface area (Å²) in [5.41, 5.74) is 4.80. The van der Waals surface area contributed by atoms with E-state index in [1.807, 2.05) is 0 Å². The van der Waals surface area contributed by atoms with E-state index in [-0.39, 0.29) is 0 Å². The quantitative estimate of drug-likeness (QED) is 0.406. The molecular weight excluding hydrogens is 226 g/mol. The Balaban J connectivity index is 5.58. The average molecular weight is 237 g/mol. The van der Waals surface area contributed by atoms with Crippen LogP contribution in [0.1, 0.15) is 12.8 Å². The maximum atomic E-state index is 11.0. The van der Waals surface area contributed by atoms with E-state index in [1.165, 1.54) is 0 Å². The fourth-order valence-corrected chi connectivity index (χ4v) is 1.95. The number of carbonyl (C=O) groups excluding carboxylic acids is 1. The van der Waals surface area contributed by atoms with Crippen molar-refractivity contribution in [3.63, 3.8) is 0 Å². The Morgan fingerprint density at radius 3 is 2.13 bits per heavy atom. The Morgan fingerprint density at radius 1 is 1.47 bits per heavy atom. The number of amides is 1. The summed E-state index contributed by atoms with van der Waals surface area (Å²) < 4.78 is 28.2. The summed E-state index contributed by atoms with van der Waals surface area (Å²) in [5, 5.41) is 8.47. The van der Waals surface area contributed by atoms with E-state index in [1.54, 1.807) is 0 Å². The highest BCUT2D eigenvalue weighted by Gasteiger charge is 2.49. The van der Waals surface area contributed by atoms with Crippen LogP contribution in [-0.4, -0.2) is 34.7 Å². The molecule has 0 heterocycles. The van der Waals surface area contributed by atoms with Crippen LogP contribution in [0.4, 0.5) is 0 Å². The SMILES string of the molecule is C=CCC(CC(=O)O)(C(N)=O)S(=O)(=O)O. The molecule has 0 aliphatic carbocycles. The van der Waals surface area contributed by atoms with Crippen molar-refractivity contribution in [3.8, 4) is 0 Å². The maximum Gasteiger partial charge on any atom is 0.305 e. The Bertz CT molecular complexity index is 386. The molecule has 15 heavy (non-hydrogen) atoms. The number of carboxylic acids is 1. The molecule has 0 aromatic rings. The highest BCUT2D eigenvalue weighted by molar-refractivity contribution is 7.88. The smallest absolute Gasteiger partial charge is 0.305 e. The van der Waals surface area contributed by atoms with Crippen LogP contribution < -0.4 is 5.73 Å². The highest BCUT2D eigenvalue weighted by Crippen LogP contribution is 2.25. The van der Waals surface area contributed by atoms with Crippen LogP contribution >= 0.6 is 0 Å². The van der Waals surface area contributed by atoms with Crippen molar-refractivity contribution in [2.24, 2.45) is 5.73 Å². The van der Waals surface area contributed by atoms with Gasteiger partial charge in [0.15, 0.2) is 4.75 Å². The number of nitrogens with two attached hydrogens (primary N) is 1. The first-order chi connectivity index (χ1) is 6.67. The molecule has 0 fully saturated rings. The van der Waals surface area contributed by atoms with Gasteiger partial charge < -0.3 is 10.8 Å². The van der Waals surface area contributed by atoms with E-state index in [9.17, 15) is 18.0 Å². The molecule has 7 nitrogen and oxygen atoms in total. The maximum absolute atomic E-state index is 11.0. The Labute approximate surface area is 86.3 Å². The lowest BCUT2D eigenvalue weighted by Gasteiger charge is -2.23. The first-order valence-corrected chi connectivity index (χ1v) is 5.21. The fourth-order valence-electron chi connectivity index (χ4n) is 1.06. The second kappa shape index (κ2) is 4.41. The van der Waals surface area contributed by atoms with Crippen molar-refractivity contribution in [2.45, 2.75) is 17.6 Å². The Kier molecular flexibility index (Phi) is 3.99. The summed E-state index contributed by atoms with van der Waals surface area (Å²) in [6.45, 7) is 3.17. The second-order valence-electron chi connectivity index (χ2n) is 2.90. The third kappa shape index (κ3) is 2.77. The molecule has 0 aromatic carbocycles. The standard InChI is InChI=1S/C7H11NO6S/c1-2-3-7(6(8)11,4-5(9)10)15(12,13)14/h2H,1,3-4H2,(H2,8,11)(H,9,10)(H,12,13,14). The normalized spacial score (nSPS) is 15.3. The lowest BCUT2D eigenvalue weighted by atomic mass is 9.99. The molecule has 0 aliphatic rings. The predicted molar refractivity (Wildman–Crippen MR) is 50.5 cm³/mol.